The van der Waals surface area contributed by atoms with Gasteiger partial charge in [0.15, 0.2) is 0 Å². The molecule has 19 heavy (non-hydrogen) atoms. The number of carbonyl (C=O) groups is 1. The molecule has 0 aliphatic rings. The number of nitrogen functional groups attached to an aromatic ring is 1. The molecule has 1 heterocycles. The minimum atomic E-state index is -0.519. The number of aromatic nitrogens is 2. The highest BCUT2D eigenvalue weighted by atomic mass is 16.5. The smallest absolute Gasteiger partial charge is 0.343 e. The van der Waals surface area contributed by atoms with Crippen LogP contribution >= 0.6 is 0 Å². The van der Waals surface area contributed by atoms with Gasteiger partial charge in [0.05, 0.1) is 12.8 Å². The second-order valence-corrected chi connectivity index (χ2v) is 3.98. The number of carbonyl (C=O) groups excluding carboxylic acids is 1. The zero-order valence-corrected chi connectivity index (χ0v) is 10.8. The van der Waals surface area contributed by atoms with Crippen molar-refractivity contribution in [2.45, 2.75) is 6.61 Å². The molecule has 2 rings (SSSR count). The van der Waals surface area contributed by atoms with Crippen LogP contribution in [0.1, 0.15) is 16.1 Å². The van der Waals surface area contributed by atoms with E-state index in [0.29, 0.717) is 11.4 Å². The summed E-state index contributed by atoms with van der Waals surface area (Å²) in [7, 11) is 3.13. The summed E-state index contributed by atoms with van der Waals surface area (Å²) >= 11 is 0. The Balaban J connectivity index is 2.20. The van der Waals surface area contributed by atoms with E-state index in [1.165, 1.54) is 7.11 Å². The van der Waals surface area contributed by atoms with E-state index in [9.17, 15) is 4.79 Å². The third-order valence-electron chi connectivity index (χ3n) is 2.59. The molecule has 1 aromatic heterocycles. The zero-order valence-electron chi connectivity index (χ0n) is 10.8. The number of hydrogen-bond acceptors (Lipinski definition) is 5. The summed E-state index contributed by atoms with van der Waals surface area (Å²) < 4.78 is 12.0. The third-order valence-corrected chi connectivity index (χ3v) is 2.59. The zero-order chi connectivity index (χ0) is 13.8. The van der Waals surface area contributed by atoms with Gasteiger partial charge in [-0.3, -0.25) is 4.68 Å². The first-order valence-electron chi connectivity index (χ1n) is 5.70. The normalized spacial score (nSPS) is 10.2. The van der Waals surface area contributed by atoms with Gasteiger partial charge in [-0.1, -0.05) is 6.07 Å². The van der Waals surface area contributed by atoms with Crippen LogP contribution in [0.5, 0.6) is 5.75 Å². The number of ether oxygens (including phenoxy) is 2. The first-order valence-corrected chi connectivity index (χ1v) is 5.70. The van der Waals surface area contributed by atoms with E-state index < -0.39 is 5.97 Å². The lowest BCUT2D eigenvalue weighted by Crippen LogP contribution is -2.09. The molecule has 0 atom stereocenters. The summed E-state index contributed by atoms with van der Waals surface area (Å²) in [4.78, 5) is 11.7. The summed E-state index contributed by atoms with van der Waals surface area (Å²) in [6, 6.07) is 6.85. The lowest BCUT2D eigenvalue weighted by atomic mass is 10.1. The lowest BCUT2D eigenvalue weighted by molar-refractivity contribution is 0.0597. The number of methoxy groups -OCH3 is 1. The number of nitrogens with two attached hydrogens (primary N) is 1. The summed E-state index contributed by atoms with van der Waals surface area (Å²) in [6.45, 7) is 0.258. The Morgan fingerprint density at radius 2 is 2.21 bits per heavy atom. The van der Waals surface area contributed by atoms with Gasteiger partial charge in [-0.05, 0) is 18.2 Å². The van der Waals surface area contributed by atoms with Crippen LogP contribution in [-0.2, 0) is 18.4 Å². The predicted molar refractivity (Wildman–Crippen MR) is 69.7 cm³/mol. The Bertz CT molecular complexity index is 593. The standard InChI is InChI=1S/C13H15N3O3/c1-16-7-6-9(15-16)8-19-11-5-3-4-10(14)12(11)13(17)18-2/h3-7H,8,14H2,1-2H3. The fraction of sp³-hybridized carbons (Fsp3) is 0.231. The number of benzene rings is 1. The predicted octanol–water partition coefficient (Wildman–Crippen LogP) is 1.37. The van der Waals surface area contributed by atoms with Gasteiger partial charge in [0.1, 0.15) is 17.9 Å². The van der Waals surface area contributed by atoms with Crippen LogP contribution < -0.4 is 10.5 Å². The molecule has 0 amide bonds. The fourth-order valence-electron chi connectivity index (χ4n) is 1.68. The SMILES string of the molecule is COC(=O)c1c(N)cccc1OCc1ccn(C)n1. The Hall–Kier alpha value is -2.50. The maximum atomic E-state index is 11.7. The minimum Gasteiger partial charge on any atom is -0.486 e. The molecular formula is C13H15N3O3. The van der Waals surface area contributed by atoms with Crippen molar-refractivity contribution in [2.75, 3.05) is 12.8 Å². The molecule has 0 fully saturated rings. The number of esters is 1. The monoisotopic (exact) mass is 261 g/mol. The quantitative estimate of drug-likeness (QED) is 0.664. The van der Waals surface area contributed by atoms with Crippen molar-refractivity contribution < 1.29 is 14.3 Å². The van der Waals surface area contributed by atoms with Crippen molar-refractivity contribution in [1.82, 2.24) is 9.78 Å². The second-order valence-electron chi connectivity index (χ2n) is 3.98. The van der Waals surface area contributed by atoms with Gasteiger partial charge >= 0.3 is 5.97 Å². The van der Waals surface area contributed by atoms with E-state index in [1.807, 2.05) is 19.3 Å². The highest BCUT2D eigenvalue weighted by Gasteiger charge is 2.16. The van der Waals surface area contributed by atoms with Crippen LogP contribution in [0.4, 0.5) is 5.69 Å². The molecule has 2 aromatic rings. The molecule has 0 saturated carbocycles. The highest BCUT2D eigenvalue weighted by molar-refractivity contribution is 5.98. The molecule has 0 saturated heterocycles. The van der Waals surface area contributed by atoms with E-state index in [0.717, 1.165) is 5.69 Å². The molecule has 0 aliphatic heterocycles. The molecule has 1 aromatic carbocycles. The van der Waals surface area contributed by atoms with Gasteiger partial charge in [-0.15, -0.1) is 0 Å². The van der Waals surface area contributed by atoms with Crippen molar-refractivity contribution in [3.63, 3.8) is 0 Å². The molecular weight excluding hydrogens is 246 g/mol. The summed E-state index contributed by atoms with van der Waals surface area (Å²) in [5.74, 6) is -0.133. The second kappa shape index (κ2) is 5.43. The Morgan fingerprint density at radius 1 is 1.42 bits per heavy atom. The van der Waals surface area contributed by atoms with E-state index in [1.54, 1.807) is 22.9 Å². The maximum absolute atomic E-state index is 11.7. The first kappa shape index (κ1) is 12.9. The van der Waals surface area contributed by atoms with Crippen molar-refractivity contribution in [2.24, 2.45) is 7.05 Å². The summed E-state index contributed by atoms with van der Waals surface area (Å²) in [6.07, 6.45) is 1.82. The van der Waals surface area contributed by atoms with Gasteiger partial charge in [0, 0.05) is 18.9 Å². The number of aryl methyl sites for hydroxylation is 1. The summed E-state index contributed by atoms with van der Waals surface area (Å²) in [5, 5.41) is 4.19. The van der Waals surface area contributed by atoms with Crippen LogP contribution in [0.3, 0.4) is 0 Å². The number of nitrogens with zero attached hydrogens (tertiary/aromatic N) is 2. The van der Waals surface area contributed by atoms with Gasteiger partial charge in [-0.25, -0.2) is 4.79 Å². The first-order chi connectivity index (χ1) is 9.11. The lowest BCUT2D eigenvalue weighted by Gasteiger charge is -2.11. The van der Waals surface area contributed by atoms with E-state index in [-0.39, 0.29) is 12.2 Å². The molecule has 2 N–H and O–H groups in total. The van der Waals surface area contributed by atoms with Crippen LogP contribution in [0.2, 0.25) is 0 Å². The third kappa shape index (κ3) is 2.85. The van der Waals surface area contributed by atoms with Gasteiger partial charge in [0.25, 0.3) is 0 Å². The summed E-state index contributed by atoms with van der Waals surface area (Å²) in [5.41, 5.74) is 7.10. The van der Waals surface area contributed by atoms with Crippen LogP contribution in [0.25, 0.3) is 0 Å². The number of rotatable bonds is 4. The molecule has 0 unspecified atom stereocenters. The van der Waals surface area contributed by atoms with Gasteiger partial charge in [-0.2, -0.15) is 5.10 Å². The number of hydrogen-bond donors (Lipinski definition) is 1. The minimum absolute atomic E-state index is 0.237. The Morgan fingerprint density at radius 3 is 2.84 bits per heavy atom. The molecule has 0 aliphatic carbocycles. The van der Waals surface area contributed by atoms with Crippen molar-refractivity contribution >= 4 is 11.7 Å². The van der Waals surface area contributed by atoms with Crippen molar-refractivity contribution in [3.8, 4) is 5.75 Å². The number of anilines is 1. The molecule has 6 heteroatoms. The van der Waals surface area contributed by atoms with Gasteiger partial charge in [0.2, 0.25) is 0 Å². The van der Waals surface area contributed by atoms with Crippen LogP contribution in [0.15, 0.2) is 30.5 Å². The highest BCUT2D eigenvalue weighted by Crippen LogP contribution is 2.25. The molecule has 0 bridgehead atoms. The van der Waals surface area contributed by atoms with Crippen molar-refractivity contribution in [1.29, 1.82) is 0 Å². The average Bonchev–Trinajstić information content (AvgIpc) is 2.81. The molecule has 100 valence electrons. The van der Waals surface area contributed by atoms with Crippen LogP contribution in [-0.4, -0.2) is 22.9 Å². The average molecular weight is 261 g/mol. The maximum Gasteiger partial charge on any atom is 0.343 e. The Labute approximate surface area is 110 Å². The molecule has 0 spiro atoms. The largest absolute Gasteiger partial charge is 0.486 e. The van der Waals surface area contributed by atoms with Crippen molar-refractivity contribution in [3.05, 3.63) is 41.7 Å². The van der Waals surface area contributed by atoms with E-state index in [2.05, 4.69) is 5.10 Å². The molecule has 6 nitrogen and oxygen atoms in total. The van der Waals surface area contributed by atoms with E-state index >= 15 is 0 Å². The molecule has 0 radical (unpaired) electrons. The van der Waals surface area contributed by atoms with E-state index in [4.69, 9.17) is 15.2 Å². The van der Waals surface area contributed by atoms with Crippen LogP contribution in [0, 0.1) is 0 Å². The van der Waals surface area contributed by atoms with Gasteiger partial charge < -0.3 is 15.2 Å². The Kier molecular flexibility index (Phi) is 3.70. The topological polar surface area (TPSA) is 79.4 Å². The fourth-order valence-corrected chi connectivity index (χ4v) is 1.68.